The number of esters is 1. The van der Waals surface area contributed by atoms with Crippen molar-refractivity contribution >= 4 is 17.7 Å². The number of piperazine rings is 1. The second-order valence-corrected chi connectivity index (χ2v) is 17.4. The smallest absolute Gasteiger partial charge is 0.302 e. The van der Waals surface area contributed by atoms with Gasteiger partial charge in [0.2, 0.25) is 5.91 Å². The second-order valence-electron chi connectivity index (χ2n) is 17.4. The maximum Gasteiger partial charge on any atom is 0.302 e. The summed E-state index contributed by atoms with van der Waals surface area (Å²) in [5, 5.41) is 3.42. The third kappa shape index (κ3) is 4.08. The molecule has 0 aromatic heterocycles. The number of carbonyl (C=O) groups excluding carboxylic acids is 3. The van der Waals surface area contributed by atoms with Crippen LogP contribution < -0.4 is 5.32 Å². The molecule has 0 aromatic carbocycles. The summed E-state index contributed by atoms with van der Waals surface area (Å²) in [6, 6.07) is 0. The van der Waals surface area contributed by atoms with Crippen molar-refractivity contribution in [2.75, 3.05) is 26.2 Å². The van der Waals surface area contributed by atoms with Gasteiger partial charge in [-0.25, -0.2) is 0 Å². The summed E-state index contributed by atoms with van der Waals surface area (Å²) < 4.78 is 5.88. The van der Waals surface area contributed by atoms with Crippen LogP contribution in [0.15, 0.2) is 11.6 Å². The highest BCUT2D eigenvalue weighted by Crippen LogP contribution is 2.75. The maximum absolute atomic E-state index is 14.7. The van der Waals surface area contributed by atoms with Gasteiger partial charge in [0.05, 0.1) is 5.41 Å². The number of hydrogen-bond donors (Lipinski definition) is 1. The van der Waals surface area contributed by atoms with E-state index in [0.29, 0.717) is 17.6 Å². The van der Waals surface area contributed by atoms with E-state index in [9.17, 15) is 14.4 Å². The number of nitrogens with one attached hydrogen (secondary N) is 1. The van der Waals surface area contributed by atoms with Crippen molar-refractivity contribution in [1.82, 2.24) is 10.2 Å². The van der Waals surface area contributed by atoms with Gasteiger partial charge in [-0.2, -0.15) is 0 Å². The normalized spacial score (nSPS) is 45.9. The molecule has 234 valence electrons. The van der Waals surface area contributed by atoms with Gasteiger partial charge in [0, 0.05) is 44.4 Å². The molecule has 0 bridgehead atoms. The Balaban J connectivity index is 1.42. The number of ketones is 1. The number of nitrogens with zero attached hydrogens (tertiary/aromatic N) is 1. The average Bonchev–Trinajstić information content (AvgIpc) is 2.91. The van der Waals surface area contributed by atoms with E-state index in [1.165, 1.54) is 12.5 Å². The molecule has 6 nitrogen and oxygen atoms in total. The maximum atomic E-state index is 14.7. The number of carbonyl (C=O) groups is 3. The predicted molar refractivity (Wildman–Crippen MR) is 164 cm³/mol. The molecule has 4 saturated carbocycles. The van der Waals surface area contributed by atoms with Crippen molar-refractivity contribution in [2.45, 2.75) is 119 Å². The van der Waals surface area contributed by atoms with E-state index in [4.69, 9.17) is 4.74 Å². The Morgan fingerprint density at radius 3 is 2.24 bits per heavy atom. The lowest BCUT2D eigenvalue weighted by atomic mass is 9.33. The average molecular weight is 581 g/mol. The minimum Gasteiger partial charge on any atom is -0.462 e. The Morgan fingerprint density at radius 2 is 1.57 bits per heavy atom. The third-order valence-electron chi connectivity index (χ3n) is 14.5. The van der Waals surface area contributed by atoms with E-state index >= 15 is 0 Å². The van der Waals surface area contributed by atoms with E-state index < -0.39 is 0 Å². The van der Waals surface area contributed by atoms with Gasteiger partial charge >= 0.3 is 5.97 Å². The van der Waals surface area contributed by atoms with Crippen molar-refractivity contribution in [3.05, 3.63) is 11.6 Å². The first-order valence-corrected chi connectivity index (χ1v) is 17.0. The van der Waals surface area contributed by atoms with Crippen molar-refractivity contribution < 1.29 is 19.1 Å². The zero-order valence-corrected chi connectivity index (χ0v) is 27.7. The van der Waals surface area contributed by atoms with E-state index in [2.05, 4.69) is 64.8 Å². The topological polar surface area (TPSA) is 75.7 Å². The second kappa shape index (κ2) is 9.65. The molecule has 6 heteroatoms. The SMILES string of the molecule is CC(=O)O[C@H]1CC[C@]2(C)[C@H]3C(=O)C=C4[C@@H]5CC(C)(C)CC[C@]5(C(=O)N5CCNCC5)CC[C@@]4(C)[C@]3(C)CC[C@H]2C1(C)C. The molecule has 0 spiro atoms. The summed E-state index contributed by atoms with van der Waals surface area (Å²) in [7, 11) is 0. The largest absolute Gasteiger partial charge is 0.462 e. The highest BCUT2D eigenvalue weighted by molar-refractivity contribution is 5.96. The van der Waals surface area contributed by atoms with Gasteiger partial charge in [-0.3, -0.25) is 14.4 Å². The molecular weight excluding hydrogens is 524 g/mol. The van der Waals surface area contributed by atoms with Gasteiger partial charge in [-0.1, -0.05) is 54.0 Å². The van der Waals surface area contributed by atoms with E-state index in [1.54, 1.807) is 0 Å². The Bertz CT molecular complexity index is 1200. The molecule has 6 aliphatic rings. The van der Waals surface area contributed by atoms with E-state index in [-0.39, 0.29) is 56.4 Å². The van der Waals surface area contributed by atoms with E-state index in [1.807, 2.05) is 0 Å². The summed E-state index contributed by atoms with van der Waals surface area (Å²) in [6.45, 7) is 21.4. The quantitative estimate of drug-likeness (QED) is 0.386. The lowest BCUT2D eigenvalue weighted by Crippen LogP contribution is -2.67. The fourth-order valence-electron chi connectivity index (χ4n) is 12.0. The van der Waals surface area contributed by atoms with Gasteiger partial charge in [0.15, 0.2) is 5.78 Å². The first-order valence-electron chi connectivity index (χ1n) is 17.0. The van der Waals surface area contributed by atoms with Gasteiger partial charge in [0.25, 0.3) is 0 Å². The van der Waals surface area contributed by atoms with Crippen LogP contribution in [0.2, 0.25) is 0 Å². The lowest BCUT2D eigenvalue weighted by molar-refractivity contribution is -0.211. The van der Waals surface area contributed by atoms with Crippen LogP contribution in [0.25, 0.3) is 0 Å². The molecule has 0 aromatic rings. The van der Waals surface area contributed by atoms with Crippen LogP contribution in [0.1, 0.15) is 113 Å². The molecule has 6 rings (SSSR count). The molecule has 1 amide bonds. The van der Waals surface area contributed by atoms with Crippen molar-refractivity contribution in [1.29, 1.82) is 0 Å². The van der Waals surface area contributed by atoms with Crippen LogP contribution in [-0.2, 0) is 19.1 Å². The van der Waals surface area contributed by atoms with Crippen LogP contribution in [-0.4, -0.2) is 54.8 Å². The molecule has 8 atom stereocenters. The van der Waals surface area contributed by atoms with Gasteiger partial charge in [-0.15, -0.1) is 0 Å². The first kappa shape index (κ1) is 30.3. The number of rotatable bonds is 2. The molecule has 5 fully saturated rings. The summed E-state index contributed by atoms with van der Waals surface area (Å²) in [6.07, 6.45) is 10.7. The molecule has 1 N–H and O–H groups in total. The minimum atomic E-state index is -0.382. The van der Waals surface area contributed by atoms with Crippen molar-refractivity contribution in [2.24, 2.45) is 50.2 Å². The Kier molecular flexibility index (Phi) is 6.97. The Hall–Kier alpha value is -1.69. The fraction of sp³-hybridized carbons (Fsp3) is 0.861. The molecule has 1 saturated heterocycles. The zero-order chi connectivity index (χ0) is 30.5. The number of hydrogen-bond acceptors (Lipinski definition) is 5. The fourth-order valence-corrected chi connectivity index (χ4v) is 12.0. The van der Waals surface area contributed by atoms with Crippen molar-refractivity contribution in [3.8, 4) is 0 Å². The summed E-state index contributed by atoms with van der Waals surface area (Å²) >= 11 is 0. The minimum absolute atomic E-state index is 0.0528. The van der Waals surface area contributed by atoms with Gasteiger partial charge < -0.3 is 15.0 Å². The van der Waals surface area contributed by atoms with Crippen LogP contribution in [0.5, 0.6) is 0 Å². The molecule has 1 heterocycles. The molecule has 42 heavy (non-hydrogen) atoms. The van der Waals surface area contributed by atoms with Gasteiger partial charge in [-0.05, 0) is 97.4 Å². The highest BCUT2D eigenvalue weighted by atomic mass is 16.5. The molecule has 5 aliphatic carbocycles. The van der Waals surface area contributed by atoms with Crippen LogP contribution in [0.3, 0.4) is 0 Å². The van der Waals surface area contributed by atoms with Crippen LogP contribution in [0, 0.1) is 50.2 Å². The molecule has 1 aliphatic heterocycles. The van der Waals surface area contributed by atoms with E-state index in [0.717, 1.165) is 84.0 Å². The monoisotopic (exact) mass is 580 g/mol. The number of amides is 1. The zero-order valence-electron chi connectivity index (χ0n) is 27.7. The van der Waals surface area contributed by atoms with Crippen LogP contribution >= 0.6 is 0 Å². The first-order chi connectivity index (χ1) is 19.5. The highest BCUT2D eigenvalue weighted by Gasteiger charge is 2.71. The number of ether oxygens (including phenoxy) is 1. The Labute approximate surface area is 254 Å². The molecule has 0 radical (unpaired) electrons. The molecular formula is C36H56N2O4. The lowest BCUT2D eigenvalue weighted by Gasteiger charge is -2.70. The predicted octanol–water partition coefficient (Wildman–Crippen LogP) is 6.33. The van der Waals surface area contributed by atoms with Crippen LogP contribution in [0.4, 0.5) is 0 Å². The molecule has 0 unspecified atom stereocenters. The summed E-state index contributed by atoms with van der Waals surface area (Å²) in [4.78, 5) is 43.3. The third-order valence-corrected chi connectivity index (χ3v) is 14.5. The summed E-state index contributed by atoms with van der Waals surface area (Å²) in [5.74, 6) is 0.840. The van der Waals surface area contributed by atoms with Gasteiger partial charge in [0.1, 0.15) is 6.10 Å². The standard InChI is InChI=1S/C36H56N2O4/c1-23(39)42-28-10-11-33(6)27(32(28,4)5)9-12-35(8)29(33)26(40)21-24-25-22-31(2,3)13-15-36(25,16-14-34(24,35)7)30(41)38-19-17-37-18-20-38/h21,25,27-29,37H,9-20,22H2,1-8H3/t25-,27-,28-,29+,33-,34+,35+,36-/m0/s1. The Morgan fingerprint density at radius 1 is 0.905 bits per heavy atom. The summed E-state index contributed by atoms with van der Waals surface area (Å²) in [5.41, 5.74) is 0.483. The van der Waals surface area contributed by atoms with Crippen molar-refractivity contribution in [3.63, 3.8) is 0 Å². The number of allylic oxidation sites excluding steroid dienone is 2. The number of fused-ring (bicyclic) bond motifs is 7.